The molecule has 0 unspecified atom stereocenters. The molecule has 1 aliphatic heterocycles. The standard InChI is InChI=1S/C19H24ClN5O2/c1-12(2)17-23-18(27-24-17)19-7-3-4-13(19)9-25(11-19)10-16(26)22-15-6-5-14(20)8-21-15/h5-6,8,12-13H,3-4,7,9-11H2,1-2H3,(H,21,22,26)/t13-,19-/m1/s1. The lowest BCUT2D eigenvalue weighted by molar-refractivity contribution is -0.117. The Bertz CT molecular complexity index is 822. The molecule has 2 atom stereocenters. The summed E-state index contributed by atoms with van der Waals surface area (Å²) in [5, 5.41) is 7.54. The van der Waals surface area contributed by atoms with Crippen molar-refractivity contribution in [1.82, 2.24) is 20.0 Å². The number of hydrogen-bond donors (Lipinski definition) is 1. The van der Waals surface area contributed by atoms with Crippen LogP contribution in [0, 0.1) is 5.92 Å². The fourth-order valence-corrected chi connectivity index (χ4v) is 4.48. The minimum atomic E-state index is -0.112. The van der Waals surface area contributed by atoms with Crippen LogP contribution < -0.4 is 5.32 Å². The van der Waals surface area contributed by atoms with Gasteiger partial charge in [-0.3, -0.25) is 9.69 Å². The first-order valence-corrected chi connectivity index (χ1v) is 9.82. The highest BCUT2D eigenvalue weighted by Crippen LogP contribution is 2.49. The van der Waals surface area contributed by atoms with E-state index in [-0.39, 0.29) is 17.2 Å². The van der Waals surface area contributed by atoms with E-state index < -0.39 is 0 Å². The molecule has 1 amide bonds. The van der Waals surface area contributed by atoms with Crippen molar-refractivity contribution in [3.63, 3.8) is 0 Å². The number of halogens is 1. The van der Waals surface area contributed by atoms with E-state index in [9.17, 15) is 4.79 Å². The normalized spacial score (nSPS) is 25.1. The number of pyridine rings is 1. The number of carbonyl (C=O) groups is 1. The zero-order valence-electron chi connectivity index (χ0n) is 15.6. The molecule has 1 saturated carbocycles. The van der Waals surface area contributed by atoms with Gasteiger partial charge in [-0.2, -0.15) is 4.98 Å². The summed E-state index contributed by atoms with van der Waals surface area (Å²) in [5.41, 5.74) is -0.112. The van der Waals surface area contributed by atoms with Crippen molar-refractivity contribution < 1.29 is 9.32 Å². The molecule has 1 N–H and O–H groups in total. The predicted octanol–water partition coefficient (Wildman–Crippen LogP) is 3.23. The molecule has 7 nitrogen and oxygen atoms in total. The van der Waals surface area contributed by atoms with Crippen LogP contribution in [-0.4, -0.2) is 45.6 Å². The number of nitrogens with zero attached hydrogens (tertiary/aromatic N) is 4. The molecule has 0 radical (unpaired) electrons. The van der Waals surface area contributed by atoms with Crippen molar-refractivity contribution in [2.45, 2.75) is 44.4 Å². The molecule has 2 aromatic heterocycles. The van der Waals surface area contributed by atoms with E-state index in [1.165, 1.54) is 12.6 Å². The van der Waals surface area contributed by atoms with Gasteiger partial charge in [-0.25, -0.2) is 4.98 Å². The number of fused-ring (bicyclic) bond motifs is 1. The summed E-state index contributed by atoms with van der Waals surface area (Å²) in [4.78, 5) is 23.4. The summed E-state index contributed by atoms with van der Waals surface area (Å²) in [5.74, 6) is 2.64. The highest BCUT2D eigenvalue weighted by Gasteiger charge is 2.54. The van der Waals surface area contributed by atoms with E-state index >= 15 is 0 Å². The van der Waals surface area contributed by atoms with E-state index in [4.69, 9.17) is 16.1 Å². The van der Waals surface area contributed by atoms with Crippen molar-refractivity contribution in [3.8, 4) is 0 Å². The second-order valence-electron chi connectivity index (χ2n) is 7.94. The number of rotatable bonds is 5. The molecule has 1 saturated heterocycles. The number of amides is 1. The molecule has 2 fully saturated rings. The maximum Gasteiger partial charge on any atom is 0.239 e. The highest BCUT2D eigenvalue weighted by molar-refractivity contribution is 6.30. The smallest absolute Gasteiger partial charge is 0.239 e. The van der Waals surface area contributed by atoms with Crippen LogP contribution in [0.3, 0.4) is 0 Å². The Morgan fingerprint density at radius 2 is 2.33 bits per heavy atom. The van der Waals surface area contributed by atoms with Crippen LogP contribution in [0.2, 0.25) is 5.02 Å². The van der Waals surface area contributed by atoms with Gasteiger partial charge in [-0.05, 0) is 30.9 Å². The Balaban J connectivity index is 1.44. The van der Waals surface area contributed by atoms with Gasteiger partial charge in [0, 0.05) is 25.2 Å². The Hall–Kier alpha value is -1.99. The third-order valence-corrected chi connectivity index (χ3v) is 5.91. The molecular weight excluding hydrogens is 366 g/mol. The first-order valence-electron chi connectivity index (χ1n) is 9.44. The van der Waals surface area contributed by atoms with E-state index in [2.05, 4.69) is 39.2 Å². The van der Waals surface area contributed by atoms with Crippen LogP contribution in [0.1, 0.15) is 50.7 Å². The monoisotopic (exact) mass is 389 g/mol. The second-order valence-corrected chi connectivity index (χ2v) is 8.37. The second kappa shape index (κ2) is 7.20. The lowest BCUT2D eigenvalue weighted by Gasteiger charge is -2.24. The molecule has 27 heavy (non-hydrogen) atoms. The molecule has 4 rings (SSSR count). The Morgan fingerprint density at radius 3 is 3.04 bits per heavy atom. The lowest BCUT2D eigenvalue weighted by Crippen LogP contribution is -2.36. The molecule has 144 valence electrons. The van der Waals surface area contributed by atoms with E-state index in [0.29, 0.717) is 23.3 Å². The summed E-state index contributed by atoms with van der Waals surface area (Å²) >= 11 is 5.83. The molecule has 2 aromatic rings. The van der Waals surface area contributed by atoms with Gasteiger partial charge in [0.25, 0.3) is 0 Å². The van der Waals surface area contributed by atoms with Crippen LogP contribution >= 0.6 is 11.6 Å². The number of nitrogens with one attached hydrogen (secondary N) is 1. The molecule has 3 heterocycles. The summed E-state index contributed by atoms with van der Waals surface area (Å²) in [6.45, 7) is 6.11. The van der Waals surface area contributed by atoms with Gasteiger partial charge in [0.2, 0.25) is 11.8 Å². The Morgan fingerprint density at radius 1 is 1.48 bits per heavy atom. The molecule has 2 aliphatic rings. The third-order valence-electron chi connectivity index (χ3n) is 5.69. The number of anilines is 1. The van der Waals surface area contributed by atoms with Gasteiger partial charge in [0.15, 0.2) is 5.82 Å². The first-order chi connectivity index (χ1) is 13.0. The first kappa shape index (κ1) is 18.4. The Kier molecular flexibility index (Phi) is 4.90. The number of aromatic nitrogens is 3. The van der Waals surface area contributed by atoms with E-state index in [1.807, 2.05) is 0 Å². The topological polar surface area (TPSA) is 84.2 Å². The van der Waals surface area contributed by atoms with Crippen molar-refractivity contribution in [1.29, 1.82) is 0 Å². The molecule has 1 aliphatic carbocycles. The third kappa shape index (κ3) is 3.58. The van der Waals surface area contributed by atoms with Crippen molar-refractivity contribution in [2.24, 2.45) is 5.92 Å². The molecular formula is C19H24ClN5O2. The fourth-order valence-electron chi connectivity index (χ4n) is 4.37. The zero-order chi connectivity index (χ0) is 19.0. The minimum Gasteiger partial charge on any atom is -0.339 e. The van der Waals surface area contributed by atoms with Gasteiger partial charge in [0.05, 0.1) is 17.0 Å². The van der Waals surface area contributed by atoms with Gasteiger partial charge < -0.3 is 9.84 Å². The maximum absolute atomic E-state index is 12.4. The van der Waals surface area contributed by atoms with Crippen molar-refractivity contribution in [2.75, 3.05) is 25.0 Å². The van der Waals surface area contributed by atoms with Crippen LogP contribution in [-0.2, 0) is 10.2 Å². The largest absolute Gasteiger partial charge is 0.339 e. The SMILES string of the molecule is CC(C)c1noc([C@@]23CCC[C@@H]2CN(CC(=O)Nc2ccc(Cl)cn2)C3)n1. The van der Waals surface area contributed by atoms with Crippen LogP contribution in [0.4, 0.5) is 5.82 Å². The van der Waals surface area contributed by atoms with Gasteiger partial charge in [-0.15, -0.1) is 0 Å². The lowest BCUT2D eigenvalue weighted by atomic mass is 9.80. The summed E-state index contributed by atoms with van der Waals surface area (Å²) in [6, 6.07) is 3.41. The van der Waals surface area contributed by atoms with Gasteiger partial charge in [-0.1, -0.05) is 37.0 Å². The Labute approximate surface area is 163 Å². The highest BCUT2D eigenvalue weighted by atomic mass is 35.5. The molecule has 0 bridgehead atoms. The summed E-state index contributed by atoms with van der Waals surface area (Å²) in [6.07, 6.45) is 4.86. The summed E-state index contributed by atoms with van der Waals surface area (Å²) < 4.78 is 5.66. The van der Waals surface area contributed by atoms with Crippen molar-refractivity contribution in [3.05, 3.63) is 35.1 Å². The average molecular weight is 390 g/mol. The summed E-state index contributed by atoms with van der Waals surface area (Å²) in [7, 11) is 0. The fraction of sp³-hybridized carbons (Fsp3) is 0.579. The van der Waals surface area contributed by atoms with E-state index in [1.54, 1.807) is 12.1 Å². The quantitative estimate of drug-likeness (QED) is 0.845. The van der Waals surface area contributed by atoms with Crippen molar-refractivity contribution >= 4 is 23.3 Å². The number of carbonyl (C=O) groups excluding carboxylic acids is 1. The number of hydrogen-bond acceptors (Lipinski definition) is 6. The van der Waals surface area contributed by atoms with Crippen LogP contribution in [0.5, 0.6) is 0 Å². The van der Waals surface area contributed by atoms with Gasteiger partial charge in [0.1, 0.15) is 5.82 Å². The zero-order valence-corrected chi connectivity index (χ0v) is 16.4. The van der Waals surface area contributed by atoms with Crippen LogP contribution in [0.25, 0.3) is 0 Å². The molecule has 0 spiro atoms. The molecule has 8 heteroatoms. The maximum atomic E-state index is 12.4. The van der Waals surface area contributed by atoms with Crippen LogP contribution in [0.15, 0.2) is 22.9 Å². The minimum absolute atomic E-state index is 0.0756. The average Bonchev–Trinajstić information content (AvgIpc) is 3.30. The van der Waals surface area contributed by atoms with Gasteiger partial charge >= 0.3 is 0 Å². The van der Waals surface area contributed by atoms with E-state index in [0.717, 1.165) is 37.6 Å². The number of likely N-dealkylation sites (tertiary alicyclic amines) is 1. The predicted molar refractivity (Wildman–Crippen MR) is 102 cm³/mol. The molecule has 0 aromatic carbocycles.